The molecule has 116 valence electrons. The highest BCUT2D eigenvalue weighted by Crippen LogP contribution is 2.27. The number of piperidine rings is 1. The first kappa shape index (κ1) is 14.4. The van der Waals surface area contributed by atoms with Crippen molar-refractivity contribution >= 4 is 17.8 Å². The summed E-state index contributed by atoms with van der Waals surface area (Å²) in [5.41, 5.74) is 0. The molecule has 0 atom stereocenters. The Morgan fingerprint density at radius 3 is 2.24 bits per heavy atom. The van der Waals surface area contributed by atoms with Crippen molar-refractivity contribution in [1.29, 1.82) is 0 Å². The molecule has 2 heterocycles. The van der Waals surface area contributed by atoms with E-state index in [9.17, 15) is 14.4 Å². The smallest absolute Gasteiger partial charge is 0.324 e. The Labute approximate surface area is 124 Å². The van der Waals surface area contributed by atoms with E-state index in [4.69, 9.17) is 0 Å². The maximum Gasteiger partial charge on any atom is 0.324 e. The third-order valence-electron chi connectivity index (χ3n) is 4.97. The number of likely N-dealkylation sites (tertiary alicyclic amines) is 1. The van der Waals surface area contributed by atoms with Gasteiger partial charge >= 0.3 is 6.03 Å². The minimum Gasteiger partial charge on any atom is -0.342 e. The third kappa shape index (κ3) is 2.89. The quantitative estimate of drug-likeness (QED) is 0.775. The molecule has 4 amide bonds. The van der Waals surface area contributed by atoms with Gasteiger partial charge in [-0.25, -0.2) is 4.79 Å². The molecule has 3 aliphatic rings. The summed E-state index contributed by atoms with van der Waals surface area (Å²) in [5.74, 6) is 0.342. The molecule has 6 heteroatoms. The molecule has 1 aliphatic carbocycles. The van der Waals surface area contributed by atoms with Gasteiger partial charge in [-0.1, -0.05) is 19.3 Å². The minimum absolute atomic E-state index is 0.0459. The highest BCUT2D eigenvalue weighted by atomic mass is 16.2. The Morgan fingerprint density at radius 1 is 1.00 bits per heavy atom. The van der Waals surface area contributed by atoms with Gasteiger partial charge in [0.25, 0.3) is 0 Å². The topological polar surface area (TPSA) is 69.7 Å². The Kier molecular flexibility index (Phi) is 4.12. The van der Waals surface area contributed by atoms with E-state index in [-0.39, 0.29) is 36.3 Å². The summed E-state index contributed by atoms with van der Waals surface area (Å²) in [6, 6.07) is -0.326. The predicted molar refractivity (Wildman–Crippen MR) is 76.4 cm³/mol. The fourth-order valence-electron chi connectivity index (χ4n) is 3.76. The Hall–Kier alpha value is -1.59. The number of nitrogens with zero attached hydrogens (tertiary/aromatic N) is 2. The lowest BCUT2D eigenvalue weighted by atomic mass is 9.87. The van der Waals surface area contributed by atoms with E-state index >= 15 is 0 Å². The van der Waals surface area contributed by atoms with Gasteiger partial charge in [-0.3, -0.25) is 14.5 Å². The number of rotatable bonds is 2. The monoisotopic (exact) mass is 293 g/mol. The van der Waals surface area contributed by atoms with Gasteiger partial charge in [-0.05, 0) is 25.7 Å². The van der Waals surface area contributed by atoms with E-state index in [1.165, 1.54) is 11.3 Å². The Bertz CT molecular complexity index is 421. The van der Waals surface area contributed by atoms with Crippen LogP contribution >= 0.6 is 0 Å². The van der Waals surface area contributed by atoms with Crippen LogP contribution in [0, 0.1) is 5.92 Å². The number of hydrogen-bond donors (Lipinski definition) is 1. The molecular weight excluding hydrogens is 270 g/mol. The van der Waals surface area contributed by atoms with Crippen molar-refractivity contribution in [2.24, 2.45) is 5.92 Å². The molecule has 0 aromatic heterocycles. The lowest BCUT2D eigenvalue weighted by Gasteiger charge is -2.37. The summed E-state index contributed by atoms with van der Waals surface area (Å²) in [6.45, 7) is 1.44. The fourth-order valence-corrected chi connectivity index (χ4v) is 3.76. The highest BCUT2D eigenvalue weighted by molar-refractivity contribution is 6.02. The molecule has 2 saturated heterocycles. The number of carbonyl (C=O) groups is 3. The van der Waals surface area contributed by atoms with Crippen LogP contribution in [-0.2, 0) is 9.59 Å². The van der Waals surface area contributed by atoms with E-state index in [1.807, 2.05) is 4.90 Å². The molecule has 0 unspecified atom stereocenters. The van der Waals surface area contributed by atoms with Crippen LogP contribution in [0.5, 0.6) is 0 Å². The SMILES string of the molecule is O=C(C1CCCCC1)N1CCC(N2C(=O)CNC2=O)CC1. The predicted octanol–water partition coefficient (Wildman–Crippen LogP) is 1.11. The van der Waals surface area contributed by atoms with Crippen LogP contribution in [-0.4, -0.2) is 53.3 Å². The number of amides is 4. The van der Waals surface area contributed by atoms with Crippen molar-refractivity contribution in [2.45, 2.75) is 51.0 Å². The first-order chi connectivity index (χ1) is 10.2. The average molecular weight is 293 g/mol. The van der Waals surface area contributed by atoms with Crippen molar-refractivity contribution in [1.82, 2.24) is 15.1 Å². The summed E-state index contributed by atoms with van der Waals surface area (Å²) in [6.07, 6.45) is 7.02. The van der Waals surface area contributed by atoms with Crippen LogP contribution in [0.25, 0.3) is 0 Å². The Morgan fingerprint density at radius 2 is 1.67 bits per heavy atom. The lowest BCUT2D eigenvalue weighted by molar-refractivity contribution is -0.138. The summed E-state index contributed by atoms with van der Waals surface area (Å²) in [4.78, 5) is 39.1. The van der Waals surface area contributed by atoms with Crippen LogP contribution in [0.2, 0.25) is 0 Å². The second-order valence-electron chi connectivity index (χ2n) is 6.31. The van der Waals surface area contributed by atoms with Crippen molar-refractivity contribution in [3.05, 3.63) is 0 Å². The number of nitrogens with one attached hydrogen (secondary N) is 1. The molecule has 0 aromatic carbocycles. The lowest BCUT2D eigenvalue weighted by Crippen LogP contribution is -2.50. The Balaban J connectivity index is 1.54. The first-order valence-electron chi connectivity index (χ1n) is 8.05. The van der Waals surface area contributed by atoms with Crippen LogP contribution in [0.15, 0.2) is 0 Å². The highest BCUT2D eigenvalue weighted by Gasteiger charge is 2.38. The zero-order valence-corrected chi connectivity index (χ0v) is 12.3. The number of urea groups is 1. The normalized spacial score (nSPS) is 25.3. The van der Waals surface area contributed by atoms with Gasteiger partial charge < -0.3 is 10.2 Å². The van der Waals surface area contributed by atoms with Crippen LogP contribution in [0.3, 0.4) is 0 Å². The second-order valence-corrected chi connectivity index (χ2v) is 6.31. The van der Waals surface area contributed by atoms with Gasteiger partial charge in [-0.15, -0.1) is 0 Å². The molecule has 0 spiro atoms. The van der Waals surface area contributed by atoms with Crippen LogP contribution in [0.4, 0.5) is 4.79 Å². The molecule has 3 rings (SSSR count). The summed E-state index contributed by atoms with van der Waals surface area (Å²) in [5, 5.41) is 2.56. The molecule has 6 nitrogen and oxygen atoms in total. The summed E-state index contributed by atoms with van der Waals surface area (Å²) >= 11 is 0. The van der Waals surface area contributed by atoms with E-state index in [2.05, 4.69) is 5.32 Å². The van der Waals surface area contributed by atoms with E-state index in [1.54, 1.807) is 0 Å². The molecule has 0 radical (unpaired) electrons. The molecule has 0 bridgehead atoms. The number of imide groups is 1. The van der Waals surface area contributed by atoms with Crippen molar-refractivity contribution in [2.75, 3.05) is 19.6 Å². The van der Waals surface area contributed by atoms with E-state index in [0.717, 1.165) is 25.7 Å². The number of hydrogen-bond acceptors (Lipinski definition) is 3. The largest absolute Gasteiger partial charge is 0.342 e. The zero-order valence-electron chi connectivity index (χ0n) is 12.3. The van der Waals surface area contributed by atoms with Gasteiger partial charge in [0.1, 0.15) is 0 Å². The molecule has 21 heavy (non-hydrogen) atoms. The van der Waals surface area contributed by atoms with Gasteiger partial charge in [0.2, 0.25) is 11.8 Å². The fraction of sp³-hybridized carbons (Fsp3) is 0.800. The summed E-state index contributed by atoms with van der Waals surface area (Å²) < 4.78 is 0. The molecular formula is C15H23N3O3. The van der Waals surface area contributed by atoms with Crippen molar-refractivity contribution in [3.8, 4) is 0 Å². The third-order valence-corrected chi connectivity index (χ3v) is 4.97. The molecule has 1 saturated carbocycles. The van der Waals surface area contributed by atoms with Crippen LogP contribution < -0.4 is 5.32 Å². The molecule has 3 fully saturated rings. The maximum absolute atomic E-state index is 12.5. The van der Waals surface area contributed by atoms with Crippen LogP contribution in [0.1, 0.15) is 44.9 Å². The second kappa shape index (κ2) is 6.03. The van der Waals surface area contributed by atoms with Crippen molar-refractivity contribution < 1.29 is 14.4 Å². The zero-order chi connectivity index (χ0) is 14.8. The van der Waals surface area contributed by atoms with Gasteiger partial charge in [0.15, 0.2) is 0 Å². The number of carbonyl (C=O) groups excluding carboxylic acids is 3. The standard InChI is InChI=1S/C15H23N3O3/c19-13-10-16-15(21)18(13)12-6-8-17(9-7-12)14(20)11-4-2-1-3-5-11/h11-12H,1-10H2,(H,16,21). The van der Waals surface area contributed by atoms with Gasteiger partial charge in [0.05, 0.1) is 6.54 Å². The summed E-state index contributed by atoms with van der Waals surface area (Å²) in [7, 11) is 0. The van der Waals surface area contributed by atoms with Gasteiger partial charge in [0, 0.05) is 25.0 Å². The first-order valence-corrected chi connectivity index (χ1v) is 8.05. The molecule has 1 N–H and O–H groups in total. The van der Waals surface area contributed by atoms with E-state index < -0.39 is 0 Å². The van der Waals surface area contributed by atoms with E-state index in [0.29, 0.717) is 25.9 Å². The van der Waals surface area contributed by atoms with Gasteiger partial charge in [-0.2, -0.15) is 0 Å². The van der Waals surface area contributed by atoms with Crippen molar-refractivity contribution in [3.63, 3.8) is 0 Å². The molecule has 0 aromatic rings. The molecule has 2 aliphatic heterocycles. The maximum atomic E-state index is 12.5. The average Bonchev–Trinajstić information content (AvgIpc) is 2.87. The minimum atomic E-state index is -0.281.